The Kier molecular flexibility index (Phi) is 4.89. The molecule has 1 rings (SSSR count). The molecular weight excluding hydrogens is 226 g/mol. The van der Waals surface area contributed by atoms with Gasteiger partial charge in [0, 0.05) is 6.04 Å². The molecule has 1 aromatic rings. The first-order valence-electron chi connectivity index (χ1n) is 5.21. The van der Waals surface area contributed by atoms with E-state index in [1.54, 1.807) is 17.8 Å². The molecule has 3 N–H and O–H groups in total. The van der Waals surface area contributed by atoms with Crippen molar-refractivity contribution in [3.8, 4) is 0 Å². The number of hydrogen-bond acceptors (Lipinski definition) is 4. The van der Waals surface area contributed by atoms with Gasteiger partial charge in [-0.3, -0.25) is 0 Å². The Hall–Kier alpha value is -0.940. The van der Waals surface area contributed by atoms with E-state index < -0.39 is 5.97 Å². The lowest BCUT2D eigenvalue weighted by atomic mass is 10.3. The molecule has 0 amide bonds. The summed E-state index contributed by atoms with van der Waals surface area (Å²) in [5, 5.41) is 8.87. The third-order valence-corrected chi connectivity index (χ3v) is 3.38. The van der Waals surface area contributed by atoms with Gasteiger partial charge < -0.3 is 15.3 Å². The monoisotopic (exact) mass is 243 g/mol. The SMILES string of the molecule is CC(N)CCSC(C)c1ccc(C(=O)O)o1. The fourth-order valence-corrected chi connectivity index (χ4v) is 2.35. The third-order valence-electron chi connectivity index (χ3n) is 2.18. The zero-order valence-corrected chi connectivity index (χ0v) is 10.3. The van der Waals surface area contributed by atoms with E-state index in [4.69, 9.17) is 15.3 Å². The molecule has 1 heterocycles. The predicted molar refractivity (Wildman–Crippen MR) is 64.8 cm³/mol. The molecule has 0 radical (unpaired) electrons. The fraction of sp³-hybridized carbons (Fsp3) is 0.545. The molecule has 0 saturated heterocycles. The molecule has 1 aromatic heterocycles. The molecule has 0 bridgehead atoms. The summed E-state index contributed by atoms with van der Waals surface area (Å²) in [5.41, 5.74) is 5.65. The number of carboxylic acids is 1. The van der Waals surface area contributed by atoms with Crippen LogP contribution in [0.25, 0.3) is 0 Å². The van der Waals surface area contributed by atoms with Crippen LogP contribution in [0.5, 0.6) is 0 Å². The fourth-order valence-electron chi connectivity index (χ4n) is 1.20. The van der Waals surface area contributed by atoms with Gasteiger partial charge in [-0.1, -0.05) is 0 Å². The van der Waals surface area contributed by atoms with Crippen LogP contribution in [0.2, 0.25) is 0 Å². The number of rotatable bonds is 6. The summed E-state index contributed by atoms with van der Waals surface area (Å²) in [4.78, 5) is 10.6. The van der Waals surface area contributed by atoms with Gasteiger partial charge in [0.15, 0.2) is 0 Å². The number of furan rings is 1. The Labute approximate surface area is 99.2 Å². The number of nitrogens with two attached hydrogens (primary N) is 1. The first-order valence-corrected chi connectivity index (χ1v) is 6.25. The molecule has 0 saturated carbocycles. The zero-order valence-electron chi connectivity index (χ0n) is 9.47. The molecule has 5 heteroatoms. The molecule has 90 valence electrons. The van der Waals surface area contributed by atoms with E-state index in [2.05, 4.69) is 0 Å². The molecule has 0 aliphatic carbocycles. The highest BCUT2D eigenvalue weighted by Gasteiger charge is 2.14. The van der Waals surface area contributed by atoms with E-state index in [1.165, 1.54) is 6.07 Å². The lowest BCUT2D eigenvalue weighted by Gasteiger charge is -2.09. The Morgan fingerprint density at radius 2 is 2.25 bits per heavy atom. The quantitative estimate of drug-likeness (QED) is 0.802. The van der Waals surface area contributed by atoms with Crippen molar-refractivity contribution in [3.05, 3.63) is 23.7 Å². The second-order valence-corrected chi connectivity index (χ2v) is 5.23. The molecule has 0 fully saturated rings. The minimum absolute atomic E-state index is 0.00496. The third kappa shape index (κ3) is 3.90. The maximum atomic E-state index is 10.6. The van der Waals surface area contributed by atoms with Crippen LogP contribution < -0.4 is 5.73 Å². The molecule has 4 nitrogen and oxygen atoms in total. The molecule has 2 atom stereocenters. The van der Waals surface area contributed by atoms with Gasteiger partial charge in [-0.05, 0) is 38.2 Å². The molecule has 0 aliphatic heterocycles. The number of hydrogen-bond donors (Lipinski definition) is 2. The van der Waals surface area contributed by atoms with Gasteiger partial charge >= 0.3 is 5.97 Å². The average molecular weight is 243 g/mol. The zero-order chi connectivity index (χ0) is 12.1. The van der Waals surface area contributed by atoms with Crippen molar-refractivity contribution in [2.75, 3.05) is 5.75 Å². The van der Waals surface area contributed by atoms with Gasteiger partial charge in [0.25, 0.3) is 0 Å². The topological polar surface area (TPSA) is 76.5 Å². The number of carboxylic acid groups (broad SMARTS) is 1. The van der Waals surface area contributed by atoms with Gasteiger partial charge in [-0.2, -0.15) is 11.8 Å². The molecule has 16 heavy (non-hydrogen) atoms. The Morgan fingerprint density at radius 1 is 1.56 bits per heavy atom. The largest absolute Gasteiger partial charge is 0.475 e. The first-order chi connectivity index (χ1) is 7.50. The van der Waals surface area contributed by atoms with Crippen molar-refractivity contribution in [2.45, 2.75) is 31.6 Å². The summed E-state index contributed by atoms with van der Waals surface area (Å²) in [6, 6.07) is 3.40. The van der Waals surface area contributed by atoms with Crippen LogP contribution in [0.3, 0.4) is 0 Å². The lowest BCUT2D eigenvalue weighted by molar-refractivity contribution is 0.0660. The lowest BCUT2D eigenvalue weighted by Crippen LogP contribution is -2.15. The van der Waals surface area contributed by atoms with E-state index in [0.29, 0.717) is 5.76 Å². The molecule has 0 aromatic carbocycles. The molecular formula is C11H17NO3S. The highest BCUT2D eigenvalue weighted by Crippen LogP contribution is 2.30. The van der Waals surface area contributed by atoms with E-state index in [0.717, 1.165) is 12.2 Å². The average Bonchev–Trinajstić information content (AvgIpc) is 2.65. The van der Waals surface area contributed by atoms with Crippen LogP contribution in [-0.4, -0.2) is 22.9 Å². The standard InChI is InChI=1S/C11H17NO3S/c1-7(12)5-6-16-8(2)9-3-4-10(15-9)11(13)14/h3-4,7-8H,5-6,12H2,1-2H3,(H,13,14). The number of thioether (sulfide) groups is 1. The van der Waals surface area contributed by atoms with Crippen LogP contribution in [0.1, 0.15) is 41.8 Å². The summed E-state index contributed by atoms with van der Waals surface area (Å²) in [7, 11) is 0. The van der Waals surface area contributed by atoms with Gasteiger partial charge in [-0.15, -0.1) is 0 Å². The van der Waals surface area contributed by atoms with Crippen molar-refractivity contribution in [1.82, 2.24) is 0 Å². The van der Waals surface area contributed by atoms with Crippen LogP contribution in [0, 0.1) is 0 Å². The smallest absolute Gasteiger partial charge is 0.371 e. The van der Waals surface area contributed by atoms with Gasteiger partial charge in [0.1, 0.15) is 5.76 Å². The van der Waals surface area contributed by atoms with Crippen LogP contribution >= 0.6 is 11.8 Å². The summed E-state index contributed by atoms with van der Waals surface area (Å²) < 4.78 is 5.21. The van der Waals surface area contributed by atoms with Crippen LogP contribution in [0.15, 0.2) is 16.5 Å². The van der Waals surface area contributed by atoms with Crippen molar-refractivity contribution >= 4 is 17.7 Å². The predicted octanol–water partition coefficient (Wildman–Crippen LogP) is 2.51. The van der Waals surface area contributed by atoms with Crippen molar-refractivity contribution in [3.63, 3.8) is 0 Å². The van der Waals surface area contributed by atoms with E-state index >= 15 is 0 Å². The van der Waals surface area contributed by atoms with Gasteiger partial charge in [0.05, 0.1) is 5.25 Å². The van der Waals surface area contributed by atoms with Crippen molar-refractivity contribution < 1.29 is 14.3 Å². The number of aromatic carboxylic acids is 1. The van der Waals surface area contributed by atoms with Gasteiger partial charge in [0.2, 0.25) is 5.76 Å². The van der Waals surface area contributed by atoms with Crippen molar-refractivity contribution in [1.29, 1.82) is 0 Å². The normalized spacial score (nSPS) is 14.7. The highest BCUT2D eigenvalue weighted by molar-refractivity contribution is 7.99. The Morgan fingerprint density at radius 3 is 2.75 bits per heavy atom. The molecule has 0 spiro atoms. The highest BCUT2D eigenvalue weighted by atomic mass is 32.2. The maximum Gasteiger partial charge on any atom is 0.371 e. The minimum atomic E-state index is -1.03. The first kappa shape index (κ1) is 13.1. The number of carbonyl (C=O) groups is 1. The second kappa shape index (κ2) is 5.96. The van der Waals surface area contributed by atoms with E-state index in [1.807, 2.05) is 13.8 Å². The summed E-state index contributed by atoms with van der Waals surface area (Å²) in [5.74, 6) is 0.614. The Bertz CT molecular complexity index is 349. The summed E-state index contributed by atoms with van der Waals surface area (Å²) in [6.07, 6.45) is 0.946. The van der Waals surface area contributed by atoms with E-state index in [9.17, 15) is 4.79 Å². The summed E-state index contributed by atoms with van der Waals surface area (Å²) >= 11 is 1.72. The molecule has 2 unspecified atom stereocenters. The summed E-state index contributed by atoms with van der Waals surface area (Å²) in [6.45, 7) is 3.97. The van der Waals surface area contributed by atoms with Crippen LogP contribution in [-0.2, 0) is 0 Å². The van der Waals surface area contributed by atoms with E-state index in [-0.39, 0.29) is 17.1 Å². The second-order valence-electron chi connectivity index (χ2n) is 3.79. The maximum absolute atomic E-state index is 10.6. The molecule has 0 aliphatic rings. The van der Waals surface area contributed by atoms with Gasteiger partial charge in [-0.25, -0.2) is 4.79 Å². The van der Waals surface area contributed by atoms with Crippen molar-refractivity contribution in [2.24, 2.45) is 5.73 Å². The van der Waals surface area contributed by atoms with Crippen LogP contribution in [0.4, 0.5) is 0 Å². The minimum Gasteiger partial charge on any atom is -0.475 e. The Balaban J connectivity index is 2.46.